The van der Waals surface area contributed by atoms with Gasteiger partial charge < -0.3 is 9.84 Å². The van der Waals surface area contributed by atoms with E-state index in [0.717, 1.165) is 12.1 Å². The fourth-order valence-corrected chi connectivity index (χ4v) is 2.32. The normalized spacial score (nSPS) is 11.2. The Morgan fingerprint density at radius 2 is 1.95 bits per heavy atom. The monoisotopic (exact) mass is 313 g/mol. The largest absolute Gasteiger partial charge is 0.339 e. The fourth-order valence-electron chi connectivity index (χ4n) is 1.79. The summed E-state index contributed by atoms with van der Waals surface area (Å²) in [5.74, 6) is 1.22. The average Bonchev–Trinajstić information content (AvgIpc) is 2.81. The van der Waals surface area contributed by atoms with Gasteiger partial charge in [0, 0.05) is 35.5 Å². The highest BCUT2D eigenvalue weighted by atomic mass is 35.5. The van der Waals surface area contributed by atoms with Crippen LogP contribution in [-0.4, -0.2) is 22.7 Å². The van der Waals surface area contributed by atoms with Crippen molar-refractivity contribution in [2.24, 2.45) is 0 Å². The summed E-state index contributed by atoms with van der Waals surface area (Å²) in [6.07, 6.45) is 1.18. The molecule has 1 N–H and O–H groups in total. The first-order chi connectivity index (χ1) is 9.56. The molecule has 0 saturated carbocycles. The summed E-state index contributed by atoms with van der Waals surface area (Å²) in [6.45, 7) is 5.00. The van der Waals surface area contributed by atoms with Crippen LogP contribution in [0.4, 0.5) is 0 Å². The average molecular weight is 314 g/mol. The van der Waals surface area contributed by atoms with Crippen LogP contribution in [0.3, 0.4) is 0 Å². The maximum atomic E-state index is 6.12. The first-order valence-corrected chi connectivity index (χ1v) is 7.29. The molecule has 2 aromatic rings. The minimum atomic E-state index is 0.444. The van der Waals surface area contributed by atoms with E-state index in [0.29, 0.717) is 40.6 Å². The van der Waals surface area contributed by atoms with E-state index in [1.165, 1.54) is 0 Å². The molecule has 0 fully saturated rings. The van der Waals surface area contributed by atoms with Crippen LogP contribution in [-0.2, 0) is 12.8 Å². The van der Waals surface area contributed by atoms with Crippen molar-refractivity contribution in [3.63, 3.8) is 0 Å². The second kappa shape index (κ2) is 7.07. The number of nitrogens with one attached hydrogen (secondary N) is 1. The Morgan fingerprint density at radius 3 is 2.60 bits per heavy atom. The van der Waals surface area contributed by atoms with Crippen LogP contribution in [0.2, 0.25) is 10.0 Å². The lowest BCUT2D eigenvalue weighted by molar-refractivity contribution is 0.369. The van der Waals surface area contributed by atoms with E-state index in [9.17, 15) is 0 Å². The van der Waals surface area contributed by atoms with Gasteiger partial charge in [0.05, 0.1) is 0 Å². The molecule has 1 heterocycles. The van der Waals surface area contributed by atoms with Crippen LogP contribution in [0.5, 0.6) is 0 Å². The SMILES string of the molecule is CC(C)NCCc1nc(Cc2c(Cl)cccc2Cl)no1. The third-order valence-corrected chi connectivity index (χ3v) is 3.51. The van der Waals surface area contributed by atoms with Gasteiger partial charge in [0.1, 0.15) is 0 Å². The van der Waals surface area contributed by atoms with E-state index in [2.05, 4.69) is 29.3 Å². The van der Waals surface area contributed by atoms with E-state index in [-0.39, 0.29) is 0 Å². The lowest BCUT2D eigenvalue weighted by atomic mass is 10.1. The lowest BCUT2D eigenvalue weighted by Crippen LogP contribution is -2.25. The second-order valence-electron chi connectivity index (χ2n) is 4.84. The van der Waals surface area contributed by atoms with Crippen molar-refractivity contribution in [3.05, 3.63) is 45.5 Å². The maximum absolute atomic E-state index is 6.12. The number of benzene rings is 1. The van der Waals surface area contributed by atoms with Gasteiger partial charge in [0.2, 0.25) is 5.89 Å². The number of hydrogen-bond acceptors (Lipinski definition) is 4. The van der Waals surface area contributed by atoms with Gasteiger partial charge in [-0.15, -0.1) is 0 Å². The zero-order valence-corrected chi connectivity index (χ0v) is 13.0. The number of rotatable bonds is 6. The number of halogens is 2. The van der Waals surface area contributed by atoms with Crippen molar-refractivity contribution in [2.45, 2.75) is 32.7 Å². The molecule has 4 nitrogen and oxygen atoms in total. The summed E-state index contributed by atoms with van der Waals surface area (Å²) in [5.41, 5.74) is 0.823. The van der Waals surface area contributed by atoms with Crippen LogP contribution in [0.1, 0.15) is 31.1 Å². The van der Waals surface area contributed by atoms with E-state index in [1.54, 1.807) is 12.1 Å². The van der Waals surface area contributed by atoms with Crippen LogP contribution in [0.15, 0.2) is 22.7 Å². The second-order valence-corrected chi connectivity index (χ2v) is 5.65. The molecule has 0 bridgehead atoms. The summed E-state index contributed by atoms with van der Waals surface area (Å²) < 4.78 is 5.21. The molecule has 1 aromatic carbocycles. The number of aromatic nitrogens is 2. The quantitative estimate of drug-likeness (QED) is 0.886. The van der Waals surface area contributed by atoms with Gasteiger partial charge in [0.25, 0.3) is 0 Å². The first kappa shape index (κ1) is 15.3. The Balaban J connectivity index is 1.99. The highest BCUT2D eigenvalue weighted by Gasteiger charge is 2.11. The summed E-state index contributed by atoms with van der Waals surface area (Å²) >= 11 is 12.2. The van der Waals surface area contributed by atoms with Gasteiger partial charge in [-0.05, 0) is 17.7 Å². The molecule has 2 rings (SSSR count). The molecule has 0 radical (unpaired) electrons. The highest BCUT2D eigenvalue weighted by molar-refractivity contribution is 6.36. The molecule has 108 valence electrons. The molecule has 6 heteroatoms. The minimum absolute atomic E-state index is 0.444. The van der Waals surface area contributed by atoms with Gasteiger partial charge in [-0.3, -0.25) is 0 Å². The Labute approximate surface area is 128 Å². The zero-order valence-electron chi connectivity index (χ0n) is 11.5. The molecule has 0 aliphatic carbocycles. The Morgan fingerprint density at radius 1 is 1.25 bits per heavy atom. The van der Waals surface area contributed by atoms with E-state index in [1.807, 2.05) is 6.07 Å². The summed E-state index contributed by atoms with van der Waals surface area (Å²) in [4.78, 5) is 4.35. The van der Waals surface area contributed by atoms with Gasteiger partial charge >= 0.3 is 0 Å². The summed E-state index contributed by atoms with van der Waals surface area (Å²) in [5, 5.41) is 8.49. The Kier molecular flexibility index (Phi) is 5.40. The predicted octanol–water partition coefficient (Wildman–Crippen LogP) is 3.51. The number of hydrogen-bond donors (Lipinski definition) is 1. The molecule has 0 aliphatic rings. The molecule has 0 unspecified atom stereocenters. The van der Waals surface area contributed by atoms with E-state index >= 15 is 0 Å². The van der Waals surface area contributed by atoms with Gasteiger partial charge in [-0.1, -0.05) is 48.3 Å². The van der Waals surface area contributed by atoms with Crippen molar-refractivity contribution in [1.29, 1.82) is 0 Å². The third-order valence-electron chi connectivity index (χ3n) is 2.80. The van der Waals surface area contributed by atoms with Gasteiger partial charge in [0.15, 0.2) is 5.82 Å². The smallest absolute Gasteiger partial charge is 0.227 e. The third kappa shape index (κ3) is 4.20. The van der Waals surface area contributed by atoms with Crippen molar-refractivity contribution in [2.75, 3.05) is 6.54 Å². The molecule has 1 aromatic heterocycles. The first-order valence-electron chi connectivity index (χ1n) is 6.54. The maximum Gasteiger partial charge on any atom is 0.227 e. The molecule has 0 aliphatic heterocycles. The lowest BCUT2D eigenvalue weighted by Gasteiger charge is -2.04. The van der Waals surface area contributed by atoms with Crippen molar-refractivity contribution in [1.82, 2.24) is 15.5 Å². The molecule has 20 heavy (non-hydrogen) atoms. The van der Waals surface area contributed by atoms with Crippen LogP contribution in [0, 0.1) is 0 Å². The van der Waals surface area contributed by atoms with Crippen molar-refractivity contribution >= 4 is 23.2 Å². The van der Waals surface area contributed by atoms with Gasteiger partial charge in [-0.25, -0.2) is 0 Å². The summed E-state index contributed by atoms with van der Waals surface area (Å²) in [7, 11) is 0. The van der Waals surface area contributed by atoms with Crippen LogP contribution in [0.25, 0.3) is 0 Å². The van der Waals surface area contributed by atoms with Crippen molar-refractivity contribution in [3.8, 4) is 0 Å². The number of nitrogens with zero attached hydrogens (tertiary/aromatic N) is 2. The Hall–Kier alpha value is -1.10. The molecule has 0 atom stereocenters. The molecular weight excluding hydrogens is 297 g/mol. The molecule has 0 spiro atoms. The molecular formula is C14H17Cl2N3O. The van der Waals surface area contributed by atoms with Crippen LogP contribution < -0.4 is 5.32 Å². The molecule has 0 amide bonds. The van der Waals surface area contributed by atoms with Crippen molar-refractivity contribution < 1.29 is 4.52 Å². The van der Waals surface area contributed by atoms with Gasteiger partial charge in [-0.2, -0.15) is 4.98 Å². The zero-order chi connectivity index (χ0) is 14.5. The fraction of sp³-hybridized carbons (Fsp3) is 0.429. The standard InChI is InChI=1S/C14H17Cl2N3O/c1-9(2)17-7-6-14-18-13(19-20-14)8-10-11(15)4-3-5-12(10)16/h3-5,9,17H,6-8H2,1-2H3. The van der Waals surface area contributed by atoms with Crippen LogP contribution >= 0.6 is 23.2 Å². The topological polar surface area (TPSA) is 51.0 Å². The Bertz CT molecular complexity index is 549. The van der Waals surface area contributed by atoms with E-state index in [4.69, 9.17) is 27.7 Å². The van der Waals surface area contributed by atoms with E-state index < -0.39 is 0 Å². The summed E-state index contributed by atoms with van der Waals surface area (Å²) in [6, 6.07) is 5.86. The minimum Gasteiger partial charge on any atom is -0.339 e. The molecule has 0 saturated heterocycles. The highest BCUT2D eigenvalue weighted by Crippen LogP contribution is 2.26. The predicted molar refractivity (Wildman–Crippen MR) is 80.4 cm³/mol.